The van der Waals surface area contributed by atoms with Crippen molar-refractivity contribution in [3.63, 3.8) is 0 Å². The number of aryl methyl sites for hydroxylation is 1. The lowest BCUT2D eigenvalue weighted by Gasteiger charge is -2.31. The smallest absolute Gasteiger partial charge is 0.177 e. The van der Waals surface area contributed by atoms with Crippen LogP contribution in [-0.2, 0) is 6.54 Å². The average molecular weight is 311 g/mol. The van der Waals surface area contributed by atoms with Crippen molar-refractivity contribution in [1.82, 2.24) is 34.3 Å². The highest BCUT2D eigenvalue weighted by Gasteiger charge is 2.24. The summed E-state index contributed by atoms with van der Waals surface area (Å²) < 4.78 is 4.05. The maximum absolute atomic E-state index is 4.57. The van der Waals surface area contributed by atoms with Crippen LogP contribution in [0.5, 0.6) is 0 Å². The van der Waals surface area contributed by atoms with Gasteiger partial charge in [-0.25, -0.2) is 4.98 Å². The molecule has 0 unspecified atom stereocenters. The SMILES string of the molecule is Cc1ccc2nnc(C3CCN(CCn4ccnc4)CC3)n2n1. The van der Waals surface area contributed by atoms with E-state index in [0.29, 0.717) is 5.92 Å². The number of imidazole rings is 1. The lowest BCUT2D eigenvalue weighted by atomic mass is 9.96. The minimum absolute atomic E-state index is 0.448. The number of likely N-dealkylation sites (tertiary alicyclic amines) is 1. The van der Waals surface area contributed by atoms with Crippen LogP contribution in [0.1, 0.15) is 30.3 Å². The summed E-state index contributed by atoms with van der Waals surface area (Å²) in [6.07, 6.45) is 7.95. The Morgan fingerprint density at radius 2 is 2.00 bits per heavy atom. The van der Waals surface area contributed by atoms with Crippen molar-refractivity contribution in [3.8, 4) is 0 Å². The van der Waals surface area contributed by atoms with Crippen molar-refractivity contribution in [2.45, 2.75) is 32.2 Å². The third-order valence-electron chi connectivity index (χ3n) is 4.61. The first-order chi connectivity index (χ1) is 11.3. The summed E-state index contributed by atoms with van der Waals surface area (Å²) in [6, 6.07) is 3.96. The molecule has 0 aliphatic carbocycles. The molecule has 0 bridgehead atoms. The predicted molar refractivity (Wildman–Crippen MR) is 86.2 cm³/mol. The van der Waals surface area contributed by atoms with Crippen LogP contribution in [0.4, 0.5) is 0 Å². The van der Waals surface area contributed by atoms with Gasteiger partial charge in [0.2, 0.25) is 0 Å². The van der Waals surface area contributed by atoms with Crippen molar-refractivity contribution >= 4 is 5.65 Å². The normalized spacial score (nSPS) is 17.1. The van der Waals surface area contributed by atoms with Gasteiger partial charge in [0.05, 0.1) is 12.0 Å². The van der Waals surface area contributed by atoms with Gasteiger partial charge in [-0.2, -0.15) is 9.61 Å². The molecule has 0 N–H and O–H groups in total. The van der Waals surface area contributed by atoms with Crippen molar-refractivity contribution in [2.24, 2.45) is 0 Å². The first-order valence-corrected chi connectivity index (χ1v) is 8.16. The van der Waals surface area contributed by atoms with E-state index in [0.717, 1.165) is 56.2 Å². The number of hydrogen-bond donors (Lipinski definition) is 0. The standard InChI is InChI=1S/C16H21N7/c1-13-2-3-15-18-19-16(23(15)20-13)14-4-7-21(8-5-14)10-11-22-9-6-17-12-22/h2-3,6,9,12,14H,4-5,7-8,10-11H2,1H3. The minimum Gasteiger partial charge on any atom is -0.336 e. The molecule has 7 nitrogen and oxygen atoms in total. The van der Waals surface area contributed by atoms with Gasteiger partial charge in [-0.1, -0.05) is 0 Å². The zero-order valence-electron chi connectivity index (χ0n) is 13.3. The third-order valence-corrected chi connectivity index (χ3v) is 4.61. The van der Waals surface area contributed by atoms with Crippen LogP contribution in [0.15, 0.2) is 30.9 Å². The van der Waals surface area contributed by atoms with Gasteiger partial charge in [-0.15, -0.1) is 10.2 Å². The fraction of sp³-hybridized carbons (Fsp3) is 0.500. The highest BCUT2D eigenvalue weighted by atomic mass is 15.4. The van der Waals surface area contributed by atoms with E-state index in [4.69, 9.17) is 0 Å². The van der Waals surface area contributed by atoms with Crippen molar-refractivity contribution in [1.29, 1.82) is 0 Å². The van der Waals surface area contributed by atoms with Crippen LogP contribution in [0.3, 0.4) is 0 Å². The van der Waals surface area contributed by atoms with Crippen molar-refractivity contribution in [3.05, 3.63) is 42.4 Å². The van der Waals surface area contributed by atoms with E-state index < -0.39 is 0 Å². The summed E-state index contributed by atoms with van der Waals surface area (Å²) >= 11 is 0. The topological polar surface area (TPSA) is 64.1 Å². The molecule has 1 aliphatic rings. The monoisotopic (exact) mass is 311 g/mol. The van der Waals surface area contributed by atoms with Crippen molar-refractivity contribution < 1.29 is 0 Å². The largest absolute Gasteiger partial charge is 0.336 e. The number of fused-ring (bicyclic) bond motifs is 1. The molecule has 4 rings (SSSR count). The molecule has 0 spiro atoms. The molecule has 0 amide bonds. The van der Waals surface area contributed by atoms with Gasteiger partial charge in [0.1, 0.15) is 0 Å². The Hall–Kier alpha value is -2.28. The maximum Gasteiger partial charge on any atom is 0.177 e. The quantitative estimate of drug-likeness (QED) is 0.731. The molecule has 120 valence electrons. The summed E-state index contributed by atoms with van der Waals surface area (Å²) in [4.78, 5) is 6.60. The molecule has 23 heavy (non-hydrogen) atoms. The number of nitrogens with zero attached hydrogens (tertiary/aromatic N) is 7. The van der Waals surface area contributed by atoms with Crippen LogP contribution in [0.2, 0.25) is 0 Å². The van der Waals surface area contributed by atoms with E-state index in [1.165, 1.54) is 0 Å². The molecule has 3 aromatic rings. The van der Waals surface area contributed by atoms with E-state index in [-0.39, 0.29) is 0 Å². The first-order valence-electron chi connectivity index (χ1n) is 8.16. The Balaban J connectivity index is 1.39. The molecular weight excluding hydrogens is 290 g/mol. The molecule has 1 saturated heterocycles. The summed E-state index contributed by atoms with van der Waals surface area (Å²) in [5.41, 5.74) is 1.84. The Labute approximate surface area is 135 Å². The summed E-state index contributed by atoms with van der Waals surface area (Å²) in [5, 5.41) is 13.2. The Bertz CT molecular complexity index is 769. The van der Waals surface area contributed by atoms with Crippen molar-refractivity contribution in [2.75, 3.05) is 19.6 Å². The van der Waals surface area contributed by atoms with Gasteiger partial charge < -0.3 is 9.47 Å². The van der Waals surface area contributed by atoms with Gasteiger partial charge in [-0.05, 0) is 45.0 Å². The molecule has 0 atom stereocenters. The Morgan fingerprint density at radius 3 is 2.78 bits per heavy atom. The molecule has 0 aromatic carbocycles. The molecule has 0 radical (unpaired) electrons. The second-order valence-corrected chi connectivity index (χ2v) is 6.22. The lowest BCUT2D eigenvalue weighted by Crippen LogP contribution is -2.35. The number of rotatable bonds is 4. The average Bonchev–Trinajstić information content (AvgIpc) is 3.22. The highest BCUT2D eigenvalue weighted by molar-refractivity contribution is 5.36. The van der Waals surface area contributed by atoms with Crippen LogP contribution in [-0.4, -0.2) is 53.9 Å². The van der Waals surface area contributed by atoms with Gasteiger partial charge in [0.25, 0.3) is 0 Å². The molecule has 1 aliphatic heterocycles. The highest BCUT2D eigenvalue weighted by Crippen LogP contribution is 2.26. The minimum atomic E-state index is 0.448. The Kier molecular flexibility index (Phi) is 3.78. The van der Waals surface area contributed by atoms with Crippen LogP contribution in [0, 0.1) is 6.92 Å². The van der Waals surface area contributed by atoms with E-state index in [9.17, 15) is 0 Å². The molecule has 4 heterocycles. The molecular formula is C16H21N7. The maximum atomic E-state index is 4.57. The van der Waals surface area contributed by atoms with Crippen LogP contribution < -0.4 is 0 Å². The van der Waals surface area contributed by atoms with Crippen LogP contribution >= 0.6 is 0 Å². The van der Waals surface area contributed by atoms with E-state index in [1.807, 2.05) is 42.3 Å². The van der Waals surface area contributed by atoms with Gasteiger partial charge >= 0.3 is 0 Å². The fourth-order valence-corrected chi connectivity index (χ4v) is 3.24. The second kappa shape index (κ2) is 6.08. The third kappa shape index (κ3) is 2.96. The molecule has 0 saturated carbocycles. The number of aromatic nitrogens is 6. The van der Waals surface area contributed by atoms with E-state index in [1.54, 1.807) is 0 Å². The Morgan fingerprint density at radius 1 is 1.13 bits per heavy atom. The summed E-state index contributed by atoms with van der Waals surface area (Å²) in [6.45, 7) is 6.27. The second-order valence-electron chi connectivity index (χ2n) is 6.22. The zero-order valence-corrected chi connectivity index (χ0v) is 13.3. The van der Waals surface area contributed by atoms with Gasteiger partial charge in [-0.3, -0.25) is 0 Å². The number of hydrogen-bond acceptors (Lipinski definition) is 5. The van der Waals surface area contributed by atoms with Gasteiger partial charge in [0.15, 0.2) is 11.5 Å². The predicted octanol–water partition coefficient (Wildman–Crippen LogP) is 1.51. The molecule has 1 fully saturated rings. The fourth-order valence-electron chi connectivity index (χ4n) is 3.24. The van der Waals surface area contributed by atoms with Gasteiger partial charge in [0, 0.05) is 31.4 Å². The lowest BCUT2D eigenvalue weighted by molar-refractivity contribution is 0.201. The molecule has 3 aromatic heterocycles. The summed E-state index contributed by atoms with van der Waals surface area (Å²) in [7, 11) is 0. The van der Waals surface area contributed by atoms with E-state index in [2.05, 4.69) is 29.7 Å². The number of piperidine rings is 1. The molecule has 7 heteroatoms. The van der Waals surface area contributed by atoms with Crippen LogP contribution in [0.25, 0.3) is 5.65 Å². The van der Waals surface area contributed by atoms with E-state index >= 15 is 0 Å². The zero-order chi connectivity index (χ0) is 15.6. The first kappa shape index (κ1) is 14.3. The summed E-state index contributed by atoms with van der Waals surface area (Å²) in [5.74, 6) is 1.46.